The second-order valence-corrected chi connectivity index (χ2v) is 13.2. The van der Waals surface area contributed by atoms with Gasteiger partial charge in [-0.2, -0.15) is 4.31 Å². The Kier molecular flexibility index (Phi) is 7.08. The van der Waals surface area contributed by atoms with Crippen molar-refractivity contribution < 1.29 is 13.2 Å². The zero-order valence-corrected chi connectivity index (χ0v) is 23.0. The van der Waals surface area contributed by atoms with Crippen molar-refractivity contribution >= 4 is 43.3 Å². The van der Waals surface area contributed by atoms with Gasteiger partial charge in [-0.3, -0.25) is 14.2 Å². The van der Waals surface area contributed by atoms with Crippen LogP contribution in [0.4, 0.5) is 5.82 Å². The lowest BCUT2D eigenvalue weighted by Gasteiger charge is -2.35. The highest BCUT2D eigenvalue weighted by Crippen LogP contribution is 2.35. The predicted molar refractivity (Wildman–Crippen MR) is 143 cm³/mol. The zero-order chi connectivity index (χ0) is 26.3. The van der Waals surface area contributed by atoms with Gasteiger partial charge >= 0.3 is 0 Å². The maximum atomic E-state index is 13.7. The SMILES string of the molecule is Cc1sc2ncn(CC(=O)N3CCN(c4ccccn4)CC3)c(=O)c2c1S(=O)(=O)N1CC(C)CC(C)C1. The van der Waals surface area contributed by atoms with Crippen molar-refractivity contribution in [3.8, 4) is 0 Å². The first-order chi connectivity index (χ1) is 17.6. The predicted octanol–water partition coefficient (Wildman–Crippen LogP) is 2.18. The van der Waals surface area contributed by atoms with E-state index in [9.17, 15) is 18.0 Å². The molecule has 3 aromatic heterocycles. The Labute approximate surface area is 220 Å². The van der Waals surface area contributed by atoms with E-state index in [1.54, 1.807) is 18.0 Å². The maximum Gasteiger partial charge on any atom is 0.263 e. The molecule has 5 heterocycles. The number of aromatic nitrogens is 3. The van der Waals surface area contributed by atoms with Gasteiger partial charge in [0.15, 0.2) is 0 Å². The number of carbonyl (C=O) groups excluding carboxylic acids is 1. The van der Waals surface area contributed by atoms with Crippen LogP contribution in [0.25, 0.3) is 10.2 Å². The standard InChI is InChI=1S/C25H32N6O4S2/c1-17-12-18(2)14-31(13-17)37(34,35)23-19(3)36-24-22(23)25(33)30(16-27-24)15-21(32)29-10-8-28(9-11-29)20-6-4-5-7-26-20/h4-7,16-18H,8-15H2,1-3H3. The summed E-state index contributed by atoms with van der Waals surface area (Å²) < 4.78 is 30.2. The van der Waals surface area contributed by atoms with Crippen LogP contribution in [0.5, 0.6) is 0 Å². The molecule has 0 aliphatic carbocycles. The quantitative estimate of drug-likeness (QED) is 0.484. The molecule has 10 nitrogen and oxygen atoms in total. The molecule has 0 aromatic carbocycles. The van der Waals surface area contributed by atoms with Crippen molar-refractivity contribution in [3.05, 3.63) is 46.0 Å². The number of anilines is 1. The summed E-state index contributed by atoms with van der Waals surface area (Å²) in [6.45, 7) is 8.82. The number of fused-ring (bicyclic) bond motifs is 1. The molecule has 0 radical (unpaired) electrons. The molecule has 2 fully saturated rings. The average molecular weight is 545 g/mol. The lowest BCUT2D eigenvalue weighted by atomic mass is 9.94. The van der Waals surface area contributed by atoms with Crippen molar-refractivity contribution in [2.45, 2.75) is 38.6 Å². The van der Waals surface area contributed by atoms with E-state index >= 15 is 0 Å². The van der Waals surface area contributed by atoms with Gasteiger partial charge in [0, 0.05) is 50.3 Å². The van der Waals surface area contributed by atoms with Crippen LogP contribution in [-0.4, -0.2) is 77.3 Å². The van der Waals surface area contributed by atoms with E-state index in [0.717, 1.165) is 12.2 Å². The summed E-state index contributed by atoms with van der Waals surface area (Å²) in [5, 5.41) is 0.0867. The second-order valence-electron chi connectivity index (χ2n) is 10.2. The number of pyridine rings is 1. The second kappa shape index (κ2) is 10.1. The van der Waals surface area contributed by atoms with Gasteiger partial charge in [0.25, 0.3) is 5.56 Å². The highest BCUT2D eigenvalue weighted by Gasteiger charge is 2.36. The van der Waals surface area contributed by atoms with Gasteiger partial charge in [-0.25, -0.2) is 18.4 Å². The van der Waals surface area contributed by atoms with Crippen molar-refractivity contribution in [2.24, 2.45) is 11.8 Å². The first kappa shape index (κ1) is 25.8. The van der Waals surface area contributed by atoms with Crippen LogP contribution >= 0.6 is 11.3 Å². The lowest BCUT2D eigenvalue weighted by Crippen LogP contribution is -2.50. The molecule has 12 heteroatoms. The van der Waals surface area contributed by atoms with Crippen LogP contribution in [0.15, 0.2) is 40.4 Å². The van der Waals surface area contributed by atoms with Crippen LogP contribution in [0.1, 0.15) is 25.1 Å². The highest BCUT2D eigenvalue weighted by molar-refractivity contribution is 7.89. The third kappa shape index (κ3) is 5.01. The molecule has 2 atom stereocenters. The van der Waals surface area contributed by atoms with E-state index in [1.807, 2.05) is 32.0 Å². The number of thiophene rings is 1. The molecule has 0 N–H and O–H groups in total. The largest absolute Gasteiger partial charge is 0.353 e. The van der Waals surface area contributed by atoms with Gasteiger partial charge < -0.3 is 9.80 Å². The average Bonchev–Trinajstić information content (AvgIpc) is 3.23. The summed E-state index contributed by atoms with van der Waals surface area (Å²) in [5.41, 5.74) is -0.494. The number of hydrogen-bond acceptors (Lipinski definition) is 8. The highest BCUT2D eigenvalue weighted by atomic mass is 32.2. The Morgan fingerprint density at radius 2 is 1.78 bits per heavy atom. The molecular formula is C25H32N6O4S2. The van der Waals surface area contributed by atoms with Gasteiger partial charge in [-0.15, -0.1) is 11.3 Å². The number of aryl methyl sites for hydroxylation is 1. The number of sulfonamides is 1. The van der Waals surface area contributed by atoms with Gasteiger partial charge in [0.2, 0.25) is 15.9 Å². The first-order valence-corrected chi connectivity index (χ1v) is 14.8. The maximum absolute atomic E-state index is 13.7. The molecule has 2 saturated heterocycles. The molecule has 0 spiro atoms. The van der Waals surface area contributed by atoms with Crippen molar-refractivity contribution in [2.75, 3.05) is 44.2 Å². The number of carbonyl (C=O) groups is 1. The number of piperazine rings is 1. The van der Waals surface area contributed by atoms with Crippen molar-refractivity contribution in [3.63, 3.8) is 0 Å². The van der Waals surface area contributed by atoms with E-state index in [2.05, 4.69) is 14.9 Å². The lowest BCUT2D eigenvalue weighted by molar-refractivity contribution is -0.132. The van der Waals surface area contributed by atoms with E-state index in [4.69, 9.17) is 0 Å². The Bertz CT molecular complexity index is 1450. The number of amides is 1. The number of nitrogens with zero attached hydrogens (tertiary/aromatic N) is 6. The van der Waals surface area contributed by atoms with Crippen LogP contribution < -0.4 is 10.5 Å². The third-order valence-electron chi connectivity index (χ3n) is 7.14. The van der Waals surface area contributed by atoms with Gasteiger partial charge in [-0.1, -0.05) is 19.9 Å². The summed E-state index contributed by atoms with van der Waals surface area (Å²) in [4.78, 5) is 40.2. The molecule has 2 aliphatic heterocycles. The Morgan fingerprint density at radius 3 is 2.43 bits per heavy atom. The van der Waals surface area contributed by atoms with Gasteiger partial charge in [0.1, 0.15) is 22.1 Å². The minimum Gasteiger partial charge on any atom is -0.353 e. The summed E-state index contributed by atoms with van der Waals surface area (Å²) in [6.07, 6.45) is 4.07. The third-order valence-corrected chi connectivity index (χ3v) is 10.3. The fraction of sp³-hybridized carbons (Fsp3) is 0.520. The summed E-state index contributed by atoms with van der Waals surface area (Å²) in [7, 11) is -3.88. The topological polar surface area (TPSA) is 109 Å². The van der Waals surface area contributed by atoms with Crippen LogP contribution in [0.3, 0.4) is 0 Å². The van der Waals surface area contributed by atoms with Crippen molar-refractivity contribution in [1.29, 1.82) is 0 Å². The van der Waals surface area contributed by atoms with Crippen molar-refractivity contribution in [1.82, 2.24) is 23.7 Å². The Balaban J connectivity index is 1.38. The molecule has 2 aliphatic rings. The molecule has 0 saturated carbocycles. The molecule has 2 unspecified atom stereocenters. The molecule has 3 aromatic rings. The molecule has 37 heavy (non-hydrogen) atoms. The Morgan fingerprint density at radius 1 is 1.08 bits per heavy atom. The molecule has 0 bridgehead atoms. The smallest absolute Gasteiger partial charge is 0.263 e. The Hall–Kier alpha value is -2.83. The molecular weight excluding hydrogens is 512 g/mol. The fourth-order valence-corrected chi connectivity index (χ4v) is 8.79. The van der Waals surface area contributed by atoms with Crippen LogP contribution in [0.2, 0.25) is 0 Å². The molecule has 1 amide bonds. The van der Waals surface area contributed by atoms with Crippen LogP contribution in [-0.2, 0) is 21.4 Å². The monoisotopic (exact) mass is 544 g/mol. The summed E-state index contributed by atoms with van der Waals surface area (Å²) in [5.74, 6) is 1.17. The van der Waals surface area contributed by atoms with Gasteiger partial charge in [0.05, 0.1) is 11.7 Å². The number of hydrogen-bond donors (Lipinski definition) is 0. The van der Waals surface area contributed by atoms with E-state index in [-0.39, 0.29) is 34.6 Å². The van der Waals surface area contributed by atoms with E-state index in [1.165, 1.54) is 26.5 Å². The van der Waals surface area contributed by atoms with E-state index in [0.29, 0.717) is 49.0 Å². The summed E-state index contributed by atoms with van der Waals surface area (Å²) in [6, 6.07) is 5.74. The summed E-state index contributed by atoms with van der Waals surface area (Å²) >= 11 is 1.20. The number of rotatable bonds is 5. The van der Waals surface area contributed by atoms with E-state index < -0.39 is 15.6 Å². The minimum absolute atomic E-state index is 0.0390. The number of piperidine rings is 1. The molecule has 5 rings (SSSR count). The minimum atomic E-state index is -3.88. The normalized spacial score (nSPS) is 21.5. The van der Waals surface area contributed by atoms with Gasteiger partial charge in [-0.05, 0) is 37.3 Å². The zero-order valence-electron chi connectivity index (χ0n) is 21.3. The first-order valence-electron chi connectivity index (χ1n) is 12.6. The van der Waals surface area contributed by atoms with Crippen LogP contribution in [0, 0.1) is 18.8 Å². The fourth-order valence-electron chi connectivity index (χ4n) is 5.44. The molecule has 198 valence electrons.